The van der Waals surface area contributed by atoms with E-state index in [0.29, 0.717) is 6.04 Å². The van der Waals surface area contributed by atoms with Gasteiger partial charge in [-0.2, -0.15) is 0 Å². The third-order valence-corrected chi connectivity index (χ3v) is 8.31. The van der Waals surface area contributed by atoms with Crippen LogP contribution in [0.4, 0.5) is 5.82 Å². The van der Waals surface area contributed by atoms with Gasteiger partial charge in [-0.25, -0.2) is 9.97 Å². The summed E-state index contributed by atoms with van der Waals surface area (Å²) in [5, 5.41) is 1.35. The number of hydrogen-bond donors (Lipinski definition) is 1. The summed E-state index contributed by atoms with van der Waals surface area (Å²) in [6, 6.07) is 22.4. The number of anilines is 1. The van der Waals surface area contributed by atoms with Gasteiger partial charge >= 0.3 is 0 Å². The molecule has 4 aromatic rings. The van der Waals surface area contributed by atoms with Crippen molar-refractivity contribution in [3.05, 3.63) is 88.6 Å². The Kier molecular flexibility index (Phi) is 5.37. The fourth-order valence-corrected chi connectivity index (χ4v) is 6.79. The fraction of sp³-hybridized carbons (Fsp3) is 0.333. The molecular weight excluding hydrogens is 412 g/mol. The minimum atomic E-state index is 0.374. The van der Waals surface area contributed by atoms with Crippen LogP contribution in [0.2, 0.25) is 0 Å². The smallest absolute Gasteiger partial charge is 0.141 e. The lowest BCUT2D eigenvalue weighted by Gasteiger charge is -2.37. The van der Waals surface area contributed by atoms with Crippen LogP contribution < -0.4 is 9.80 Å². The zero-order valence-electron chi connectivity index (χ0n) is 18.3. The maximum Gasteiger partial charge on any atom is 0.141 e. The molecule has 0 bridgehead atoms. The van der Waals surface area contributed by atoms with Crippen LogP contribution in [0.5, 0.6) is 0 Å². The Morgan fingerprint density at radius 2 is 1.47 bits per heavy atom. The highest BCUT2D eigenvalue weighted by Crippen LogP contribution is 2.39. The minimum absolute atomic E-state index is 0.374. The van der Waals surface area contributed by atoms with Crippen LogP contribution in [0.1, 0.15) is 40.5 Å². The highest BCUT2D eigenvalue weighted by atomic mass is 32.1. The van der Waals surface area contributed by atoms with Crippen molar-refractivity contribution in [2.45, 2.75) is 31.7 Å². The van der Waals surface area contributed by atoms with E-state index in [-0.39, 0.29) is 0 Å². The number of rotatable bonds is 4. The zero-order chi connectivity index (χ0) is 21.3. The molecule has 0 spiro atoms. The molecule has 1 aliphatic carbocycles. The van der Waals surface area contributed by atoms with E-state index in [1.54, 1.807) is 16.1 Å². The number of nitrogens with zero attached hydrogens (tertiary/aromatic N) is 3. The third-order valence-electron chi connectivity index (χ3n) is 7.11. The molecule has 2 aromatic heterocycles. The summed E-state index contributed by atoms with van der Waals surface area (Å²) in [6.07, 6.45) is 6.77. The Labute approximate surface area is 193 Å². The van der Waals surface area contributed by atoms with Gasteiger partial charge < -0.3 is 9.80 Å². The van der Waals surface area contributed by atoms with Crippen LogP contribution in [-0.2, 0) is 12.8 Å². The number of quaternary nitrogens is 1. The number of piperazine rings is 1. The van der Waals surface area contributed by atoms with E-state index < -0.39 is 0 Å². The van der Waals surface area contributed by atoms with Crippen molar-refractivity contribution in [2.24, 2.45) is 0 Å². The van der Waals surface area contributed by atoms with Gasteiger partial charge in [-0.05, 0) is 31.2 Å². The predicted octanol–water partition coefficient (Wildman–Crippen LogP) is 4.06. The molecule has 0 saturated carbocycles. The maximum atomic E-state index is 4.81. The van der Waals surface area contributed by atoms with Crippen molar-refractivity contribution >= 4 is 27.4 Å². The Morgan fingerprint density at radius 3 is 2.16 bits per heavy atom. The molecule has 2 aromatic carbocycles. The van der Waals surface area contributed by atoms with Gasteiger partial charge in [-0.3, -0.25) is 0 Å². The fourth-order valence-electron chi connectivity index (χ4n) is 5.56. The van der Waals surface area contributed by atoms with Crippen LogP contribution >= 0.6 is 11.3 Å². The molecule has 0 amide bonds. The molecule has 0 radical (unpaired) electrons. The zero-order valence-corrected chi connectivity index (χ0v) is 19.2. The molecule has 1 N–H and O–H groups in total. The molecule has 1 fully saturated rings. The van der Waals surface area contributed by atoms with E-state index in [1.807, 2.05) is 11.3 Å². The van der Waals surface area contributed by atoms with E-state index in [9.17, 15) is 0 Å². The lowest BCUT2D eigenvalue weighted by Crippen LogP contribution is -3.15. The lowest BCUT2D eigenvalue weighted by molar-refractivity contribution is -0.926. The number of hydrogen-bond acceptors (Lipinski definition) is 4. The Balaban J connectivity index is 1.28. The maximum absolute atomic E-state index is 4.81. The molecule has 1 saturated heterocycles. The molecule has 3 heterocycles. The molecule has 0 unspecified atom stereocenters. The molecule has 2 aliphatic rings. The lowest BCUT2D eigenvalue weighted by atomic mass is 9.96. The van der Waals surface area contributed by atoms with Gasteiger partial charge in [-0.15, -0.1) is 11.3 Å². The van der Waals surface area contributed by atoms with Crippen molar-refractivity contribution in [2.75, 3.05) is 31.1 Å². The first kappa shape index (κ1) is 19.9. The van der Waals surface area contributed by atoms with Crippen molar-refractivity contribution in [1.82, 2.24) is 9.97 Å². The highest BCUT2D eigenvalue weighted by molar-refractivity contribution is 7.19. The van der Waals surface area contributed by atoms with E-state index in [0.717, 1.165) is 26.2 Å². The molecule has 6 rings (SSSR count). The minimum Gasteiger partial charge on any atom is -0.345 e. The van der Waals surface area contributed by atoms with Crippen molar-refractivity contribution in [3.8, 4) is 0 Å². The number of nitrogens with one attached hydrogen (secondary N) is 1. The Hall–Kier alpha value is -2.76. The summed E-state index contributed by atoms with van der Waals surface area (Å²) in [6.45, 7) is 4.27. The van der Waals surface area contributed by atoms with Crippen molar-refractivity contribution in [1.29, 1.82) is 0 Å². The summed E-state index contributed by atoms with van der Waals surface area (Å²) in [4.78, 5) is 16.3. The van der Waals surface area contributed by atoms with Crippen molar-refractivity contribution in [3.63, 3.8) is 0 Å². The summed E-state index contributed by atoms with van der Waals surface area (Å²) >= 11 is 1.89. The molecular formula is C27H29N4S+. The van der Waals surface area contributed by atoms with E-state index in [1.165, 1.54) is 58.4 Å². The quantitative estimate of drug-likeness (QED) is 0.518. The molecule has 32 heavy (non-hydrogen) atoms. The van der Waals surface area contributed by atoms with Gasteiger partial charge in [0.25, 0.3) is 0 Å². The van der Waals surface area contributed by atoms with Gasteiger partial charge in [-0.1, -0.05) is 60.7 Å². The molecule has 162 valence electrons. The van der Waals surface area contributed by atoms with Crippen molar-refractivity contribution < 1.29 is 4.90 Å². The topological polar surface area (TPSA) is 33.5 Å². The summed E-state index contributed by atoms with van der Waals surface area (Å²) in [5.41, 5.74) is 4.34. The Morgan fingerprint density at radius 1 is 0.812 bits per heavy atom. The van der Waals surface area contributed by atoms with E-state index in [4.69, 9.17) is 4.98 Å². The number of benzene rings is 2. The second kappa shape index (κ2) is 8.64. The molecule has 5 heteroatoms. The van der Waals surface area contributed by atoms with Crippen LogP contribution in [0.25, 0.3) is 10.2 Å². The average Bonchev–Trinajstić information content (AvgIpc) is 3.25. The summed E-state index contributed by atoms with van der Waals surface area (Å²) < 4.78 is 0. The van der Waals surface area contributed by atoms with E-state index >= 15 is 0 Å². The average molecular weight is 442 g/mol. The SMILES string of the molecule is c1ccc(C(c2ccccc2)[NH+]2CCN(c3ncnc4sc5c(c34)CCCC5)CC2)cc1. The second-order valence-electron chi connectivity index (χ2n) is 8.99. The largest absolute Gasteiger partial charge is 0.345 e. The first-order valence-electron chi connectivity index (χ1n) is 11.8. The van der Waals surface area contributed by atoms with Gasteiger partial charge in [0.2, 0.25) is 0 Å². The predicted molar refractivity (Wildman–Crippen MR) is 132 cm³/mol. The molecule has 0 atom stereocenters. The van der Waals surface area contributed by atoms with E-state index in [2.05, 4.69) is 70.5 Å². The first-order valence-corrected chi connectivity index (χ1v) is 12.6. The number of aryl methyl sites for hydroxylation is 2. The number of fused-ring (bicyclic) bond motifs is 3. The number of aromatic nitrogens is 2. The highest BCUT2D eigenvalue weighted by Gasteiger charge is 2.31. The number of thiophene rings is 1. The second-order valence-corrected chi connectivity index (χ2v) is 10.1. The van der Waals surface area contributed by atoms with Crippen LogP contribution in [0.15, 0.2) is 67.0 Å². The normalized spacial score (nSPS) is 17.1. The van der Waals surface area contributed by atoms with Gasteiger partial charge in [0.1, 0.15) is 23.0 Å². The van der Waals surface area contributed by atoms with Crippen LogP contribution in [0, 0.1) is 0 Å². The van der Waals surface area contributed by atoms with Gasteiger partial charge in [0.15, 0.2) is 0 Å². The van der Waals surface area contributed by atoms with Crippen LogP contribution in [-0.4, -0.2) is 36.1 Å². The monoisotopic (exact) mass is 441 g/mol. The first-order chi connectivity index (χ1) is 15.9. The third kappa shape index (κ3) is 3.59. The Bertz CT molecular complexity index is 1160. The van der Waals surface area contributed by atoms with Crippen LogP contribution in [0.3, 0.4) is 0 Å². The summed E-state index contributed by atoms with van der Waals surface area (Å²) in [5.74, 6) is 1.17. The standard InChI is InChI=1S/C27H28N4S/c1-3-9-20(10-4-1)25(21-11-5-2-6-12-21)30-15-17-31(18-16-30)26-24-22-13-7-8-14-23(22)32-27(24)29-19-28-26/h1-6,9-12,19,25H,7-8,13-18H2/p+1. The van der Waals surface area contributed by atoms with Gasteiger partial charge in [0, 0.05) is 16.0 Å². The summed E-state index contributed by atoms with van der Waals surface area (Å²) in [7, 11) is 0. The van der Waals surface area contributed by atoms with Gasteiger partial charge in [0.05, 0.1) is 31.6 Å². The molecule has 1 aliphatic heterocycles. The molecule has 4 nitrogen and oxygen atoms in total.